The number of hydrogen-bond acceptors (Lipinski definition) is 3. The van der Waals surface area contributed by atoms with Crippen LogP contribution in [0.4, 0.5) is 5.69 Å². The number of nitrogens with zero attached hydrogens (tertiary/aromatic N) is 2. The molecule has 0 aliphatic carbocycles. The van der Waals surface area contributed by atoms with E-state index in [1.807, 2.05) is 24.3 Å². The summed E-state index contributed by atoms with van der Waals surface area (Å²) in [5.41, 5.74) is 4.16. The standard InChI is InChI=1S/C14H18ClN5/c1-9(2)8-18-14(20-16)19-12-6-5-11(15)10-4-3-7-17-13(10)12/h3-7,9H,8,16H2,1-2H3,(H2,18,19,20). The van der Waals surface area contributed by atoms with Crippen molar-refractivity contribution in [1.29, 1.82) is 0 Å². The maximum absolute atomic E-state index is 6.16. The molecular formula is C14H18ClN5. The van der Waals surface area contributed by atoms with Crippen LogP contribution in [0.15, 0.2) is 35.5 Å². The second-order valence-electron chi connectivity index (χ2n) is 4.85. The van der Waals surface area contributed by atoms with Gasteiger partial charge in [0.25, 0.3) is 0 Å². The number of aromatic nitrogens is 1. The van der Waals surface area contributed by atoms with E-state index < -0.39 is 0 Å². The molecule has 6 heteroatoms. The highest BCUT2D eigenvalue weighted by Gasteiger charge is 2.07. The van der Waals surface area contributed by atoms with Crippen molar-refractivity contribution in [1.82, 2.24) is 10.4 Å². The van der Waals surface area contributed by atoms with Crippen LogP contribution in [0.2, 0.25) is 5.02 Å². The Hall–Kier alpha value is -1.85. The molecule has 0 bridgehead atoms. The van der Waals surface area contributed by atoms with Gasteiger partial charge >= 0.3 is 0 Å². The molecule has 0 unspecified atom stereocenters. The lowest BCUT2D eigenvalue weighted by atomic mass is 10.2. The van der Waals surface area contributed by atoms with Gasteiger partial charge in [-0.15, -0.1) is 0 Å². The Bertz CT molecular complexity index is 624. The number of pyridine rings is 1. The molecule has 4 N–H and O–H groups in total. The lowest BCUT2D eigenvalue weighted by Crippen LogP contribution is -2.36. The van der Waals surface area contributed by atoms with Crippen molar-refractivity contribution in [3.8, 4) is 0 Å². The predicted octanol–water partition coefficient (Wildman–Crippen LogP) is 2.78. The van der Waals surface area contributed by atoms with Gasteiger partial charge in [-0.25, -0.2) is 5.84 Å². The van der Waals surface area contributed by atoms with Crippen LogP contribution in [0.3, 0.4) is 0 Å². The fourth-order valence-corrected chi connectivity index (χ4v) is 1.98. The zero-order valence-corrected chi connectivity index (χ0v) is 12.3. The average molecular weight is 292 g/mol. The van der Waals surface area contributed by atoms with E-state index in [9.17, 15) is 0 Å². The van der Waals surface area contributed by atoms with Gasteiger partial charge in [-0.1, -0.05) is 25.4 Å². The maximum Gasteiger partial charge on any atom is 0.210 e. The molecule has 0 saturated heterocycles. The molecule has 0 saturated carbocycles. The number of hydrogen-bond donors (Lipinski definition) is 3. The Kier molecular flexibility index (Phi) is 4.76. The lowest BCUT2D eigenvalue weighted by Gasteiger charge is -2.12. The third-order valence-corrected chi connectivity index (χ3v) is 3.05. The van der Waals surface area contributed by atoms with Crippen molar-refractivity contribution in [3.05, 3.63) is 35.5 Å². The summed E-state index contributed by atoms with van der Waals surface area (Å²) in [5, 5.41) is 4.70. The highest BCUT2D eigenvalue weighted by Crippen LogP contribution is 2.27. The van der Waals surface area contributed by atoms with E-state index in [1.165, 1.54) is 0 Å². The van der Waals surface area contributed by atoms with Crippen molar-refractivity contribution in [3.63, 3.8) is 0 Å². The molecule has 5 nitrogen and oxygen atoms in total. The van der Waals surface area contributed by atoms with Crippen LogP contribution in [0.1, 0.15) is 13.8 Å². The maximum atomic E-state index is 6.16. The first-order valence-electron chi connectivity index (χ1n) is 6.43. The fraction of sp³-hybridized carbons (Fsp3) is 0.286. The summed E-state index contributed by atoms with van der Waals surface area (Å²) in [7, 11) is 0. The van der Waals surface area contributed by atoms with Gasteiger partial charge in [0.05, 0.1) is 16.2 Å². The van der Waals surface area contributed by atoms with Crippen LogP contribution in [0, 0.1) is 5.92 Å². The Balaban J connectivity index is 2.34. The normalized spacial score (nSPS) is 11.9. The molecule has 0 amide bonds. The van der Waals surface area contributed by atoms with Crippen molar-refractivity contribution in [2.75, 3.05) is 11.9 Å². The van der Waals surface area contributed by atoms with E-state index in [0.29, 0.717) is 23.4 Å². The van der Waals surface area contributed by atoms with E-state index in [4.69, 9.17) is 17.4 Å². The zero-order valence-electron chi connectivity index (χ0n) is 11.5. The van der Waals surface area contributed by atoms with Gasteiger partial charge in [0.1, 0.15) is 0 Å². The highest BCUT2D eigenvalue weighted by atomic mass is 35.5. The minimum absolute atomic E-state index is 0.459. The molecule has 0 atom stereocenters. The first kappa shape index (κ1) is 14.6. The summed E-state index contributed by atoms with van der Waals surface area (Å²) >= 11 is 6.16. The SMILES string of the molecule is CC(C)CN=C(NN)Nc1ccc(Cl)c2cccnc12. The number of aliphatic imine (C=N–C) groups is 1. The van der Waals surface area contributed by atoms with E-state index in [-0.39, 0.29) is 0 Å². The van der Waals surface area contributed by atoms with Crippen molar-refractivity contribution in [2.24, 2.45) is 16.8 Å². The summed E-state index contributed by atoms with van der Waals surface area (Å²) in [6.07, 6.45) is 1.73. The number of anilines is 1. The lowest BCUT2D eigenvalue weighted by molar-refractivity contribution is 0.663. The van der Waals surface area contributed by atoms with Gasteiger partial charge in [-0.3, -0.25) is 15.4 Å². The Morgan fingerprint density at radius 1 is 1.40 bits per heavy atom. The first-order chi connectivity index (χ1) is 9.61. The number of rotatable bonds is 3. The van der Waals surface area contributed by atoms with E-state index >= 15 is 0 Å². The van der Waals surface area contributed by atoms with Crippen LogP contribution in [-0.4, -0.2) is 17.5 Å². The molecule has 1 aromatic heterocycles. The van der Waals surface area contributed by atoms with Gasteiger partial charge < -0.3 is 5.32 Å². The molecule has 20 heavy (non-hydrogen) atoms. The van der Waals surface area contributed by atoms with Gasteiger partial charge in [-0.05, 0) is 30.2 Å². The van der Waals surface area contributed by atoms with Gasteiger partial charge in [0, 0.05) is 18.1 Å². The Morgan fingerprint density at radius 2 is 2.20 bits per heavy atom. The topological polar surface area (TPSA) is 75.3 Å². The molecule has 2 rings (SSSR count). The van der Waals surface area contributed by atoms with Crippen LogP contribution in [-0.2, 0) is 0 Å². The second kappa shape index (κ2) is 6.54. The minimum Gasteiger partial charge on any atom is -0.323 e. The predicted molar refractivity (Wildman–Crippen MR) is 84.8 cm³/mol. The fourth-order valence-electron chi connectivity index (χ4n) is 1.76. The third kappa shape index (κ3) is 3.37. The minimum atomic E-state index is 0.459. The van der Waals surface area contributed by atoms with Gasteiger partial charge in [0.2, 0.25) is 5.96 Å². The molecule has 0 radical (unpaired) electrons. The first-order valence-corrected chi connectivity index (χ1v) is 6.81. The van der Waals surface area contributed by atoms with Gasteiger partial charge in [0.15, 0.2) is 0 Å². The summed E-state index contributed by atoms with van der Waals surface area (Å²) < 4.78 is 0. The number of fused-ring (bicyclic) bond motifs is 1. The van der Waals surface area contributed by atoms with Crippen molar-refractivity contribution < 1.29 is 0 Å². The Labute approximate surface area is 123 Å². The number of benzene rings is 1. The summed E-state index contributed by atoms with van der Waals surface area (Å²) in [4.78, 5) is 8.73. The van der Waals surface area contributed by atoms with E-state index in [2.05, 4.69) is 34.6 Å². The van der Waals surface area contributed by atoms with Gasteiger partial charge in [-0.2, -0.15) is 0 Å². The highest BCUT2D eigenvalue weighted by molar-refractivity contribution is 6.35. The van der Waals surface area contributed by atoms with Crippen molar-refractivity contribution in [2.45, 2.75) is 13.8 Å². The molecule has 1 heterocycles. The Morgan fingerprint density at radius 3 is 2.90 bits per heavy atom. The molecule has 0 aliphatic rings. The van der Waals surface area contributed by atoms with Crippen LogP contribution >= 0.6 is 11.6 Å². The number of nitrogens with one attached hydrogen (secondary N) is 2. The zero-order chi connectivity index (χ0) is 14.5. The molecule has 1 aromatic carbocycles. The molecule has 0 spiro atoms. The molecule has 0 aliphatic heterocycles. The number of halogens is 1. The monoisotopic (exact) mass is 291 g/mol. The third-order valence-electron chi connectivity index (χ3n) is 2.72. The average Bonchev–Trinajstić information content (AvgIpc) is 2.46. The largest absolute Gasteiger partial charge is 0.323 e. The van der Waals surface area contributed by atoms with Crippen LogP contribution in [0.5, 0.6) is 0 Å². The van der Waals surface area contributed by atoms with Crippen LogP contribution < -0.4 is 16.6 Å². The molecule has 0 fully saturated rings. The molecular weight excluding hydrogens is 274 g/mol. The molecule has 2 aromatic rings. The quantitative estimate of drug-likeness (QED) is 0.352. The summed E-state index contributed by atoms with van der Waals surface area (Å²) in [6.45, 7) is 4.87. The number of nitrogens with two attached hydrogens (primary N) is 1. The smallest absolute Gasteiger partial charge is 0.210 e. The van der Waals surface area contributed by atoms with E-state index in [1.54, 1.807) is 6.20 Å². The number of guanidine groups is 1. The van der Waals surface area contributed by atoms with Crippen molar-refractivity contribution >= 4 is 34.2 Å². The number of hydrazine groups is 1. The molecule has 106 valence electrons. The summed E-state index contributed by atoms with van der Waals surface area (Å²) in [5.74, 6) is 6.46. The summed E-state index contributed by atoms with van der Waals surface area (Å²) in [6, 6.07) is 7.47. The van der Waals surface area contributed by atoms with Crippen LogP contribution in [0.25, 0.3) is 10.9 Å². The second-order valence-corrected chi connectivity index (χ2v) is 5.25. The van der Waals surface area contributed by atoms with E-state index in [0.717, 1.165) is 16.6 Å².